The molecule has 1 aliphatic carbocycles. The Morgan fingerprint density at radius 2 is 1.92 bits per heavy atom. The smallest absolute Gasteiger partial charge is 0.238 e. The number of hydrogen-bond donors (Lipinski definition) is 1. The van der Waals surface area contributed by atoms with E-state index < -0.39 is 5.41 Å². The van der Waals surface area contributed by atoms with Crippen LogP contribution >= 0.6 is 0 Å². The minimum atomic E-state index is -0.683. The Kier molecular flexibility index (Phi) is 3.87. The third kappa shape index (κ3) is 2.69. The second-order valence-corrected chi connectivity index (χ2v) is 6.07. The van der Waals surface area contributed by atoms with Gasteiger partial charge in [0.15, 0.2) is 23.1 Å². The Bertz CT molecular complexity index is 928. The highest BCUT2D eigenvalue weighted by atomic mass is 16.5. The molecule has 0 aliphatic heterocycles. The number of hydrogen-bond acceptors (Lipinski definition) is 7. The molecule has 2 heterocycles. The van der Waals surface area contributed by atoms with Gasteiger partial charge in [0.25, 0.3) is 0 Å². The van der Waals surface area contributed by atoms with Crippen molar-refractivity contribution in [1.29, 1.82) is 0 Å². The van der Waals surface area contributed by atoms with Crippen molar-refractivity contribution in [3.05, 3.63) is 42.3 Å². The minimum absolute atomic E-state index is 0.168. The molecule has 0 unspecified atom stereocenters. The fourth-order valence-electron chi connectivity index (χ4n) is 2.86. The maximum atomic E-state index is 12.6. The Balaban J connectivity index is 1.59. The molecule has 0 bridgehead atoms. The van der Waals surface area contributed by atoms with Crippen molar-refractivity contribution in [2.45, 2.75) is 18.3 Å². The molecule has 1 fully saturated rings. The summed E-state index contributed by atoms with van der Waals surface area (Å²) >= 11 is 0. The second-order valence-electron chi connectivity index (χ2n) is 6.07. The van der Waals surface area contributed by atoms with Gasteiger partial charge in [-0.15, -0.1) is 0 Å². The average Bonchev–Trinajstić information content (AvgIpc) is 3.08. The Morgan fingerprint density at radius 1 is 1.12 bits per heavy atom. The Hall–Kier alpha value is -3.29. The standard InChI is InChI=1S/C18H17N3O5/c1-23-12-4-3-11(9-14(12)24-2)13-10-15(20-26-13)18(6-7-18)17(22)19-16-5-8-25-21-16/h3-5,8-10H,6-7H2,1-2H3,(H,19,21,22). The second kappa shape index (κ2) is 6.21. The van der Waals surface area contributed by atoms with Crippen LogP contribution in [0.4, 0.5) is 5.82 Å². The molecule has 1 aromatic carbocycles. The zero-order valence-corrected chi connectivity index (χ0v) is 14.3. The van der Waals surface area contributed by atoms with Gasteiger partial charge >= 0.3 is 0 Å². The topological polar surface area (TPSA) is 99.6 Å². The summed E-state index contributed by atoms with van der Waals surface area (Å²) in [6.45, 7) is 0. The first-order chi connectivity index (χ1) is 12.7. The molecule has 26 heavy (non-hydrogen) atoms. The normalized spacial score (nSPS) is 14.7. The number of methoxy groups -OCH3 is 2. The van der Waals surface area contributed by atoms with E-state index in [9.17, 15) is 4.79 Å². The molecular formula is C18H17N3O5. The van der Waals surface area contributed by atoms with Crippen molar-refractivity contribution in [2.24, 2.45) is 0 Å². The van der Waals surface area contributed by atoms with Crippen LogP contribution in [-0.2, 0) is 10.2 Å². The van der Waals surface area contributed by atoms with Crippen LogP contribution in [0.3, 0.4) is 0 Å². The van der Waals surface area contributed by atoms with Crippen molar-refractivity contribution in [3.8, 4) is 22.8 Å². The van der Waals surface area contributed by atoms with E-state index in [0.717, 1.165) is 5.56 Å². The van der Waals surface area contributed by atoms with Gasteiger partial charge in [0.1, 0.15) is 6.26 Å². The number of carbonyl (C=O) groups is 1. The molecule has 0 spiro atoms. The van der Waals surface area contributed by atoms with Crippen LogP contribution in [0.5, 0.6) is 11.5 Å². The quantitative estimate of drug-likeness (QED) is 0.725. The number of carbonyl (C=O) groups excluding carboxylic acids is 1. The van der Waals surface area contributed by atoms with Gasteiger partial charge in [0, 0.05) is 17.7 Å². The van der Waals surface area contributed by atoms with E-state index in [2.05, 4.69) is 15.6 Å². The largest absolute Gasteiger partial charge is 0.493 e. The molecule has 8 nitrogen and oxygen atoms in total. The van der Waals surface area contributed by atoms with Crippen LogP contribution in [0.25, 0.3) is 11.3 Å². The van der Waals surface area contributed by atoms with Gasteiger partial charge in [-0.2, -0.15) is 0 Å². The molecule has 1 saturated carbocycles. The zero-order chi connectivity index (χ0) is 18.1. The Morgan fingerprint density at radius 3 is 2.58 bits per heavy atom. The summed E-state index contributed by atoms with van der Waals surface area (Å²) in [5.74, 6) is 1.99. The van der Waals surface area contributed by atoms with E-state index in [1.165, 1.54) is 6.26 Å². The summed E-state index contributed by atoms with van der Waals surface area (Å²) in [5.41, 5.74) is 0.703. The third-order valence-electron chi connectivity index (χ3n) is 4.53. The maximum absolute atomic E-state index is 12.6. The number of ether oxygens (including phenoxy) is 2. The number of anilines is 1. The van der Waals surface area contributed by atoms with E-state index in [1.807, 2.05) is 6.07 Å². The van der Waals surface area contributed by atoms with Gasteiger partial charge in [0.2, 0.25) is 5.91 Å². The molecule has 0 radical (unpaired) electrons. The van der Waals surface area contributed by atoms with Crippen molar-refractivity contribution in [2.75, 3.05) is 19.5 Å². The van der Waals surface area contributed by atoms with E-state index >= 15 is 0 Å². The van der Waals surface area contributed by atoms with Crippen LogP contribution < -0.4 is 14.8 Å². The van der Waals surface area contributed by atoms with E-state index in [0.29, 0.717) is 41.6 Å². The zero-order valence-electron chi connectivity index (χ0n) is 14.3. The molecule has 4 rings (SSSR count). The molecule has 1 amide bonds. The highest BCUT2D eigenvalue weighted by molar-refractivity contribution is 6.00. The number of rotatable bonds is 6. The number of nitrogens with zero attached hydrogens (tertiary/aromatic N) is 2. The monoisotopic (exact) mass is 355 g/mol. The summed E-state index contributed by atoms with van der Waals surface area (Å²) in [7, 11) is 3.15. The lowest BCUT2D eigenvalue weighted by atomic mass is 10.0. The van der Waals surface area contributed by atoms with E-state index in [1.54, 1.807) is 38.5 Å². The van der Waals surface area contributed by atoms with Crippen molar-refractivity contribution in [1.82, 2.24) is 10.3 Å². The van der Waals surface area contributed by atoms with E-state index in [4.69, 9.17) is 18.5 Å². The summed E-state index contributed by atoms with van der Waals surface area (Å²) in [6.07, 6.45) is 2.81. The van der Waals surface area contributed by atoms with Crippen molar-refractivity contribution in [3.63, 3.8) is 0 Å². The fraction of sp³-hybridized carbons (Fsp3) is 0.278. The fourth-order valence-corrected chi connectivity index (χ4v) is 2.86. The lowest BCUT2D eigenvalue weighted by Gasteiger charge is -2.10. The lowest BCUT2D eigenvalue weighted by Crippen LogP contribution is -2.28. The molecule has 1 N–H and O–H groups in total. The number of nitrogens with one attached hydrogen (secondary N) is 1. The molecule has 2 aromatic heterocycles. The van der Waals surface area contributed by atoms with Gasteiger partial charge < -0.3 is 23.8 Å². The van der Waals surface area contributed by atoms with Crippen LogP contribution in [0.1, 0.15) is 18.5 Å². The predicted octanol–water partition coefficient (Wildman–Crippen LogP) is 3.02. The summed E-state index contributed by atoms with van der Waals surface area (Å²) in [6, 6.07) is 8.82. The summed E-state index contributed by atoms with van der Waals surface area (Å²) in [4.78, 5) is 12.6. The molecule has 0 saturated heterocycles. The predicted molar refractivity (Wildman–Crippen MR) is 91.1 cm³/mol. The van der Waals surface area contributed by atoms with Gasteiger partial charge in [-0.25, -0.2) is 0 Å². The highest BCUT2D eigenvalue weighted by Crippen LogP contribution is 2.49. The lowest BCUT2D eigenvalue weighted by molar-refractivity contribution is -0.118. The Labute approximate surface area is 149 Å². The van der Waals surface area contributed by atoms with Crippen LogP contribution in [0.2, 0.25) is 0 Å². The van der Waals surface area contributed by atoms with Crippen LogP contribution in [0, 0.1) is 0 Å². The molecule has 3 aromatic rings. The van der Waals surface area contributed by atoms with Crippen LogP contribution in [-0.4, -0.2) is 30.4 Å². The summed E-state index contributed by atoms with van der Waals surface area (Å²) in [5, 5.41) is 10.6. The van der Waals surface area contributed by atoms with Gasteiger partial charge in [-0.05, 0) is 31.0 Å². The van der Waals surface area contributed by atoms with Crippen molar-refractivity contribution < 1.29 is 23.3 Å². The van der Waals surface area contributed by atoms with Gasteiger partial charge in [-0.1, -0.05) is 10.3 Å². The number of amides is 1. The minimum Gasteiger partial charge on any atom is -0.493 e. The van der Waals surface area contributed by atoms with Crippen LogP contribution in [0.15, 0.2) is 45.6 Å². The molecule has 8 heteroatoms. The number of aromatic nitrogens is 2. The molecule has 1 aliphatic rings. The SMILES string of the molecule is COc1ccc(-c2cc(C3(C(=O)Nc4ccon4)CC3)no2)cc1OC. The highest BCUT2D eigenvalue weighted by Gasteiger charge is 2.54. The first kappa shape index (κ1) is 16.2. The van der Waals surface area contributed by atoms with Gasteiger partial charge in [-0.3, -0.25) is 4.79 Å². The van der Waals surface area contributed by atoms with Gasteiger partial charge in [0.05, 0.1) is 25.3 Å². The molecule has 134 valence electrons. The van der Waals surface area contributed by atoms with Crippen molar-refractivity contribution >= 4 is 11.7 Å². The summed E-state index contributed by atoms with van der Waals surface area (Å²) < 4.78 is 20.8. The first-order valence-electron chi connectivity index (χ1n) is 8.08. The third-order valence-corrected chi connectivity index (χ3v) is 4.53. The number of benzene rings is 1. The van der Waals surface area contributed by atoms with E-state index in [-0.39, 0.29) is 5.91 Å². The molecular weight excluding hydrogens is 338 g/mol. The molecule has 0 atom stereocenters. The first-order valence-corrected chi connectivity index (χ1v) is 8.08. The average molecular weight is 355 g/mol. The maximum Gasteiger partial charge on any atom is 0.238 e.